The molecular weight excluding hydrogens is 431 g/mol. The minimum Gasteiger partial charge on any atom is -0.476 e. The maximum Gasteiger partial charge on any atom is 0.573 e. The van der Waals surface area contributed by atoms with Gasteiger partial charge in [0.15, 0.2) is 22.9 Å². The highest BCUT2D eigenvalue weighted by Gasteiger charge is 2.34. The fourth-order valence-corrected chi connectivity index (χ4v) is 1.97. The average Bonchev–Trinajstić information content (AvgIpc) is 2.53. The highest BCUT2D eigenvalue weighted by atomic mass is 19.4. The van der Waals surface area contributed by atoms with Crippen molar-refractivity contribution in [2.24, 2.45) is 0 Å². The second-order valence-corrected chi connectivity index (χ2v) is 5.39. The number of carboxylic acids is 1. The highest BCUT2D eigenvalue weighted by molar-refractivity contribution is 6.12. The number of rotatable bonds is 6. The van der Waals surface area contributed by atoms with Gasteiger partial charge in [-0.2, -0.15) is 13.2 Å². The minimum atomic E-state index is -5.15. The number of carboxylic acid groups (broad SMARTS) is 1. The molecule has 1 aromatic carbocycles. The number of halogens is 6. The number of benzene rings is 1. The first kappa shape index (κ1) is 23.1. The largest absolute Gasteiger partial charge is 0.573 e. The Morgan fingerprint density at radius 3 is 2.10 bits per heavy atom. The first-order valence-corrected chi connectivity index (χ1v) is 7.36. The van der Waals surface area contributed by atoms with E-state index in [1.54, 1.807) is 0 Å². The zero-order valence-electron chi connectivity index (χ0n) is 14.2. The number of aromatic carboxylic acids is 1. The molecule has 0 fully saturated rings. The summed E-state index contributed by atoms with van der Waals surface area (Å²) in [7, 11) is 4.78. The highest BCUT2D eigenvalue weighted by Crippen LogP contribution is 2.39. The number of aromatic nitrogens is 1. The minimum absolute atomic E-state index is 0.223. The van der Waals surface area contributed by atoms with Crippen LogP contribution in [0, 0.1) is 0 Å². The van der Waals surface area contributed by atoms with Crippen molar-refractivity contribution in [3.05, 3.63) is 41.7 Å². The molecular formula is C15H8BF6NO7. The number of aliphatic hydroxyl groups is 2. The fourth-order valence-electron chi connectivity index (χ4n) is 1.97. The summed E-state index contributed by atoms with van der Waals surface area (Å²) in [5.41, 5.74) is -2.39. The van der Waals surface area contributed by atoms with Crippen LogP contribution in [0.4, 0.5) is 26.3 Å². The van der Waals surface area contributed by atoms with Gasteiger partial charge in [0.05, 0.1) is 5.56 Å². The third kappa shape index (κ3) is 6.42. The van der Waals surface area contributed by atoms with E-state index in [9.17, 15) is 31.1 Å². The molecule has 0 bridgehead atoms. The van der Waals surface area contributed by atoms with Crippen molar-refractivity contribution in [3.63, 3.8) is 0 Å². The first-order valence-electron chi connectivity index (χ1n) is 7.36. The molecule has 3 N–H and O–H groups in total. The Morgan fingerprint density at radius 2 is 1.60 bits per heavy atom. The average molecular weight is 439 g/mol. The Kier molecular flexibility index (Phi) is 6.09. The van der Waals surface area contributed by atoms with E-state index in [2.05, 4.69) is 14.5 Å². The summed E-state index contributed by atoms with van der Waals surface area (Å²) >= 11 is 0. The third-order valence-corrected chi connectivity index (χ3v) is 3.01. The molecule has 160 valence electrons. The van der Waals surface area contributed by atoms with Crippen LogP contribution in [0.5, 0.6) is 23.0 Å². The lowest BCUT2D eigenvalue weighted by Gasteiger charge is -2.22. The molecule has 0 saturated heterocycles. The molecule has 0 aliphatic rings. The van der Waals surface area contributed by atoms with Crippen LogP contribution in [-0.4, -0.2) is 46.4 Å². The normalized spacial score (nSPS) is 12.4. The first-order chi connectivity index (χ1) is 13.5. The summed E-state index contributed by atoms with van der Waals surface area (Å²) < 4.78 is 88.7. The van der Waals surface area contributed by atoms with Crippen molar-refractivity contribution in [2.75, 3.05) is 0 Å². The lowest BCUT2D eigenvalue weighted by Crippen LogP contribution is -2.35. The standard InChI is InChI=1S/C15H8BF6NO7/c16-14(26,27)30-9-4-7(29-15(20,21)22)1-2-8(9)28-10-3-6(13(17,18)19)5-23-11(10)12(24)25/h1-5,26-27H,(H,24,25). The molecule has 0 spiro atoms. The molecule has 0 aliphatic heterocycles. The van der Waals surface area contributed by atoms with Crippen molar-refractivity contribution in [2.45, 2.75) is 18.4 Å². The number of carbonyl (C=O) groups is 1. The fraction of sp³-hybridized carbons (Fsp3) is 0.200. The van der Waals surface area contributed by atoms with Gasteiger partial charge in [-0.25, -0.2) is 9.78 Å². The van der Waals surface area contributed by atoms with Gasteiger partial charge >= 0.3 is 18.5 Å². The van der Waals surface area contributed by atoms with Gasteiger partial charge in [0.2, 0.25) is 7.85 Å². The van der Waals surface area contributed by atoms with Crippen LogP contribution in [0.1, 0.15) is 16.1 Å². The number of pyridine rings is 1. The molecule has 0 aliphatic carbocycles. The third-order valence-electron chi connectivity index (χ3n) is 3.01. The summed E-state index contributed by atoms with van der Waals surface area (Å²) in [4.78, 5) is 14.3. The molecule has 1 aromatic heterocycles. The number of nitrogens with zero attached hydrogens (tertiary/aromatic N) is 1. The van der Waals surface area contributed by atoms with E-state index in [4.69, 9.17) is 27.9 Å². The molecule has 0 atom stereocenters. The monoisotopic (exact) mass is 439 g/mol. The zero-order valence-corrected chi connectivity index (χ0v) is 14.2. The second-order valence-electron chi connectivity index (χ2n) is 5.39. The summed E-state index contributed by atoms with van der Waals surface area (Å²) in [6, 6.07) is 1.96. The molecule has 2 aromatic rings. The van der Waals surface area contributed by atoms with Gasteiger partial charge in [0, 0.05) is 12.3 Å². The summed E-state index contributed by atoms with van der Waals surface area (Å²) in [6.45, 7) is 0. The number of hydrogen-bond acceptors (Lipinski definition) is 7. The van der Waals surface area contributed by atoms with E-state index < -0.39 is 58.6 Å². The van der Waals surface area contributed by atoms with Crippen LogP contribution in [0.15, 0.2) is 30.5 Å². The summed E-state index contributed by atoms with van der Waals surface area (Å²) in [5.74, 6) is -8.86. The lowest BCUT2D eigenvalue weighted by atomic mass is 10.1. The molecule has 0 amide bonds. The number of alkyl halides is 6. The molecule has 0 unspecified atom stereocenters. The van der Waals surface area contributed by atoms with Gasteiger partial charge in [-0.3, -0.25) is 0 Å². The Hall–Kier alpha value is -3.20. The maximum atomic E-state index is 12.9. The predicted molar refractivity (Wildman–Crippen MR) is 82.9 cm³/mol. The molecule has 2 radical (unpaired) electrons. The molecule has 15 heteroatoms. The van der Waals surface area contributed by atoms with E-state index in [0.717, 1.165) is 0 Å². The van der Waals surface area contributed by atoms with Gasteiger partial charge in [-0.1, -0.05) is 0 Å². The predicted octanol–water partition coefficient (Wildman–Crippen LogP) is 2.63. The van der Waals surface area contributed by atoms with Crippen molar-refractivity contribution in [1.82, 2.24) is 4.98 Å². The van der Waals surface area contributed by atoms with Gasteiger partial charge in [0.1, 0.15) is 5.75 Å². The number of hydrogen-bond donors (Lipinski definition) is 3. The molecule has 1 heterocycles. The van der Waals surface area contributed by atoms with E-state index in [-0.39, 0.29) is 12.3 Å². The maximum absolute atomic E-state index is 12.9. The Bertz CT molecular complexity index is 943. The van der Waals surface area contributed by atoms with Gasteiger partial charge < -0.3 is 29.5 Å². The Balaban J connectivity index is 2.54. The van der Waals surface area contributed by atoms with Gasteiger partial charge in [-0.15, -0.1) is 13.2 Å². The molecule has 8 nitrogen and oxygen atoms in total. The van der Waals surface area contributed by atoms with Crippen molar-refractivity contribution >= 4 is 13.8 Å². The molecule has 0 saturated carbocycles. The lowest BCUT2D eigenvalue weighted by molar-refractivity contribution is -0.274. The smallest absolute Gasteiger partial charge is 0.476 e. The van der Waals surface area contributed by atoms with Crippen LogP contribution in [-0.2, 0) is 6.18 Å². The molecule has 2 rings (SSSR count). The van der Waals surface area contributed by atoms with Crippen LogP contribution >= 0.6 is 0 Å². The van der Waals surface area contributed by atoms with Gasteiger partial charge in [0.25, 0.3) is 5.87 Å². The van der Waals surface area contributed by atoms with Crippen molar-refractivity contribution in [3.8, 4) is 23.0 Å². The second kappa shape index (κ2) is 7.91. The quantitative estimate of drug-likeness (QED) is 0.357. The van der Waals surface area contributed by atoms with Crippen molar-refractivity contribution in [1.29, 1.82) is 0 Å². The zero-order chi connectivity index (χ0) is 22.9. The summed E-state index contributed by atoms with van der Waals surface area (Å²) in [6.07, 6.45) is -9.87. The Morgan fingerprint density at radius 1 is 0.967 bits per heavy atom. The van der Waals surface area contributed by atoms with Crippen LogP contribution in [0.25, 0.3) is 0 Å². The van der Waals surface area contributed by atoms with Crippen LogP contribution in [0.2, 0.25) is 0 Å². The van der Waals surface area contributed by atoms with E-state index in [0.29, 0.717) is 18.2 Å². The van der Waals surface area contributed by atoms with Crippen molar-refractivity contribution < 1.29 is 60.7 Å². The summed E-state index contributed by atoms with van der Waals surface area (Å²) in [5, 5.41) is 27.3. The number of ether oxygens (including phenoxy) is 3. The topological polar surface area (TPSA) is 118 Å². The SMILES string of the molecule is [B]C(O)(O)Oc1cc(OC(F)(F)F)ccc1Oc1cc(C(F)(F)F)cnc1C(=O)O. The molecule has 30 heavy (non-hydrogen) atoms. The van der Waals surface area contributed by atoms with E-state index >= 15 is 0 Å². The van der Waals surface area contributed by atoms with E-state index in [1.807, 2.05) is 0 Å². The Labute approximate surface area is 163 Å². The van der Waals surface area contributed by atoms with Gasteiger partial charge in [-0.05, 0) is 18.2 Å². The van der Waals surface area contributed by atoms with E-state index in [1.165, 1.54) is 0 Å². The van der Waals surface area contributed by atoms with Crippen LogP contribution in [0.3, 0.4) is 0 Å². The van der Waals surface area contributed by atoms with Crippen LogP contribution < -0.4 is 14.2 Å².